The summed E-state index contributed by atoms with van der Waals surface area (Å²) < 4.78 is 5.03. The van der Waals surface area contributed by atoms with Crippen LogP contribution in [0.2, 0.25) is 0 Å². The number of aryl methyl sites for hydroxylation is 1. The number of hydrogen-bond acceptors (Lipinski definition) is 4. The maximum absolute atomic E-state index is 12.2. The molecule has 3 N–H and O–H groups in total. The minimum atomic E-state index is -1.04. The Hall–Kier alpha value is -2.93. The summed E-state index contributed by atoms with van der Waals surface area (Å²) in [5.41, 5.74) is 2.06. The number of carboxylic acids is 1. The van der Waals surface area contributed by atoms with Crippen molar-refractivity contribution in [1.82, 2.24) is 5.32 Å². The maximum atomic E-state index is 12.2. The van der Waals surface area contributed by atoms with Gasteiger partial charge >= 0.3 is 5.97 Å². The van der Waals surface area contributed by atoms with Gasteiger partial charge in [0, 0.05) is 11.3 Å². The van der Waals surface area contributed by atoms with E-state index in [1.165, 1.54) is 0 Å². The average Bonchev–Trinajstić information content (AvgIpc) is 2.54. The third kappa shape index (κ3) is 5.06. The summed E-state index contributed by atoms with van der Waals surface area (Å²) in [4.78, 5) is 22.6. The molecule has 124 valence electrons. The zero-order chi connectivity index (χ0) is 17.5. The highest BCUT2D eigenvalue weighted by atomic mass is 32.1. The van der Waals surface area contributed by atoms with Crippen LogP contribution in [-0.4, -0.2) is 28.7 Å². The zero-order valence-corrected chi connectivity index (χ0v) is 13.7. The lowest BCUT2D eigenvalue weighted by Crippen LogP contribution is -2.34. The average molecular weight is 344 g/mol. The first-order valence-corrected chi connectivity index (χ1v) is 7.49. The Labute approximate surface area is 144 Å². The fraction of sp³-hybridized carbons (Fsp3) is 0.118. The molecule has 0 saturated carbocycles. The van der Waals surface area contributed by atoms with E-state index in [4.69, 9.17) is 22.1 Å². The van der Waals surface area contributed by atoms with Crippen LogP contribution in [0, 0.1) is 6.92 Å². The fourth-order valence-corrected chi connectivity index (χ4v) is 2.15. The number of aliphatic carboxylic acids is 1. The molecule has 0 fully saturated rings. The van der Waals surface area contributed by atoms with Crippen molar-refractivity contribution in [2.24, 2.45) is 0 Å². The number of thiocarbonyl (C=S) groups is 1. The Morgan fingerprint density at radius 1 is 1.12 bits per heavy atom. The number of nitrogens with one attached hydrogen (secondary N) is 2. The molecule has 2 rings (SSSR count). The molecule has 7 heteroatoms. The lowest BCUT2D eigenvalue weighted by molar-refractivity contribution is -0.139. The van der Waals surface area contributed by atoms with Crippen LogP contribution in [0.15, 0.2) is 48.5 Å². The van der Waals surface area contributed by atoms with Gasteiger partial charge in [0.1, 0.15) is 5.75 Å². The first-order chi connectivity index (χ1) is 11.5. The van der Waals surface area contributed by atoms with Gasteiger partial charge in [0.2, 0.25) is 0 Å². The molecule has 0 atom stereocenters. The molecule has 0 aliphatic rings. The van der Waals surface area contributed by atoms with Gasteiger partial charge in [0.25, 0.3) is 5.91 Å². The van der Waals surface area contributed by atoms with Crippen LogP contribution in [0.1, 0.15) is 15.9 Å². The van der Waals surface area contributed by atoms with Gasteiger partial charge in [-0.3, -0.25) is 10.1 Å². The Kier molecular flexibility index (Phi) is 5.86. The van der Waals surface area contributed by atoms with E-state index in [0.29, 0.717) is 17.0 Å². The molecule has 0 saturated heterocycles. The van der Waals surface area contributed by atoms with Crippen LogP contribution in [-0.2, 0) is 4.79 Å². The summed E-state index contributed by atoms with van der Waals surface area (Å²) in [6.45, 7) is 1.44. The van der Waals surface area contributed by atoms with Gasteiger partial charge in [0.05, 0.1) is 0 Å². The second-order valence-electron chi connectivity index (χ2n) is 4.93. The quantitative estimate of drug-likeness (QED) is 0.723. The summed E-state index contributed by atoms with van der Waals surface area (Å²) in [6, 6.07) is 13.8. The summed E-state index contributed by atoms with van der Waals surface area (Å²) >= 11 is 5.12. The number of benzene rings is 2. The van der Waals surface area contributed by atoms with E-state index >= 15 is 0 Å². The van der Waals surface area contributed by atoms with Gasteiger partial charge in [-0.2, -0.15) is 0 Å². The van der Waals surface area contributed by atoms with E-state index in [1.807, 2.05) is 19.1 Å². The lowest BCUT2D eigenvalue weighted by Gasteiger charge is -2.11. The molecular formula is C17H16N2O4S. The van der Waals surface area contributed by atoms with Crippen LogP contribution in [0.5, 0.6) is 5.75 Å². The standard InChI is InChI=1S/C17H16N2O4S/c1-11-4-2-3-5-14(11)16(22)19-17(24)18-12-6-8-13(9-7-12)23-10-15(20)21/h2-9H,10H2,1H3,(H,20,21)(H2,18,19,22,24). The SMILES string of the molecule is Cc1ccccc1C(=O)NC(=S)Nc1ccc(OCC(=O)O)cc1. The number of anilines is 1. The number of amides is 1. The van der Waals surface area contributed by atoms with E-state index in [-0.39, 0.29) is 11.0 Å². The fourth-order valence-electron chi connectivity index (χ4n) is 1.94. The third-order valence-corrected chi connectivity index (χ3v) is 3.30. The van der Waals surface area contributed by atoms with Crippen molar-refractivity contribution in [3.63, 3.8) is 0 Å². The molecule has 0 heterocycles. The van der Waals surface area contributed by atoms with Gasteiger partial charge in [-0.05, 0) is 55.0 Å². The monoisotopic (exact) mass is 344 g/mol. The van der Waals surface area contributed by atoms with Crippen LogP contribution >= 0.6 is 12.2 Å². The number of hydrogen-bond donors (Lipinski definition) is 3. The molecule has 2 aromatic carbocycles. The Morgan fingerprint density at radius 2 is 1.79 bits per heavy atom. The van der Waals surface area contributed by atoms with Crippen LogP contribution in [0.25, 0.3) is 0 Å². The number of ether oxygens (including phenoxy) is 1. The van der Waals surface area contributed by atoms with Crippen LogP contribution in [0.3, 0.4) is 0 Å². The van der Waals surface area contributed by atoms with Crippen molar-refractivity contribution in [2.75, 3.05) is 11.9 Å². The van der Waals surface area contributed by atoms with Crippen LogP contribution < -0.4 is 15.4 Å². The first kappa shape index (κ1) is 17.4. The van der Waals surface area contributed by atoms with E-state index in [2.05, 4.69) is 10.6 Å². The third-order valence-electron chi connectivity index (χ3n) is 3.09. The number of carboxylic acid groups (broad SMARTS) is 1. The molecule has 0 unspecified atom stereocenters. The van der Waals surface area contributed by atoms with E-state index in [9.17, 15) is 9.59 Å². The highest BCUT2D eigenvalue weighted by molar-refractivity contribution is 7.80. The second kappa shape index (κ2) is 8.07. The summed E-state index contributed by atoms with van der Waals surface area (Å²) in [5.74, 6) is -0.901. The molecule has 2 aromatic rings. The number of carbonyl (C=O) groups is 2. The summed E-state index contributed by atoms with van der Waals surface area (Å²) in [7, 11) is 0. The van der Waals surface area contributed by atoms with Crippen molar-refractivity contribution < 1.29 is 19.4 Å². The van der Waals surface area contributed by atoms with Crippen molar-refractivity contribution in [3.8, 4) is 5.75 Å². The van der Waals surface area contributed by atoms with Crippen molar-refractivity contribution in [3.05, 3.63) is 59.7 Å². The van der Waals surface area contributed by atoms with Gasteiger partial charge in [0.15, 0.2) is 11.7 Å². The molecule has 0 aliphatic heterocycles. The Balaban J connectivity index is 1.91. The maximum Gasteiger partial charge on any atom is 0.341 e. The van der Waals surface area contributed by atoms with E-state index < -0.39 is 12.6 Å². The second-order valence-corrected chi connectivity index (χ2v) is 5.34. The largest absolute Gasteiger partial charge is 0.482 e. The van der Waals surface area contributed by atoms with Gasteiger partial charge in [-0.25, -0.2) is 4.79 Å². The number of rotatable bonds is 5. The molecule has 0 spiro atoms. The normalized spacial score (nSPS) is 9.88. The predicted molar refractivity (Wildman–Crippen MR) is 94.4 cm³/mol. The molecule has 1 amide bonds. The zero-order valence-electron chi connectivity index (χ0n) is 12.9. The van der Waals surface area contributed by atoms with E-state index in [0.717, 1.165) is 5.56 Å². The minimum Gasteiger partial charge on any atom is -0.482 e. The molecular weight excluding hydrogens is 328 g/mol. The lowest BCUT2D eigenvalue weighted by atomic mass is 10.1. The number of carbonyl (C=O) groups excluding carboxylic acids is 1. The minimum absolute atomic E-state index is 0.169. The Morgan fingerprint density at radius 3 is 2.42 bits per heavy atom. The van der Waals surface area contributed by atoms with Crippen molar-refractivity contribution in [2.45, 2.75) is 6.92 Å². The van der Waals surface area contributed by atoms with Crippen LogP contribution in [0.4, 0.5) is 5.69 Å². The predicted octanol–water partition coefficient (Wildman–Crippen LogP) is 2.59. The Bertz CT molecular complexity index is 759. The van der Waals surface area contributed by atoms with Gasteiger partial charge < -0.3 is 15.2 Å². The molecule has 0 radical (unpaired) electrons. The molecule has 0 aromatic heterocycles. The molecule has 0 bridgehead atoms. The van der Waals surface area contributed by atoms with E-state index in [1.54, 1.807) is 36.4 Å². The summed E-state index contributed by atoms with van der Waals surface area (Å²) in [6.07, 6.45) is 0. The van der Waals surface area contributed by atoms with Crippen molar-refractivity contribution >= 4 is 34.9 Å². The van der Waals surface area contributed by atoms with Gasteiger partial charge in [-0.15, -0.1) is 0 Å². The van der Waals surface area contributed by atoms with Gasteiger partial charge in [-0.1, -0.05) is 18.2 Å². The molecule has 6 nitrogen and oxygen atoms in total. The molecule has 24 heavy (non-hydrogen) atoms. The highest BCUT2D eigenvalue weighted by Gasteiger charge is 2.10. The smallest absolute Gasteiger partial charge is 0.341 e. The molecule has 0 aliphatic carbocycles. The first-order valence-electron chi connectivity index (χ1n) is 7.08. The van der Waals surface area contributed by atoms with Crippen molar-refractivity contribution in [1.29, 1.82) is 0 Å². The highest BCUT2D eigenvalue weighted by Crippen LogP contribution is 2.15. The topological polar surface area (TPSA) is 87.7 Å². The summed E-state index contributed by atoms with van der Waals surface area (Å²) in [5, 5.41) is 14.2.